The summed E-state index contributed by atoms with van der Waals surface area (Å²) < 4.78 is 10.0. The third kappa shape index (κ3) is 4.39. The molecule has 1 aromatic carbocycles. The SMILES string of the molecule is CCOC(=O)C1=C(C)N(C)C(=S)N[C@@H]1c1cccc(NC(=O)COC)c1. The van der Waals surface area contributed by atoms with Crippen molar-refractivity contribution in [2.75, 3.05) is 32.7 Å². The van der Waals surface area contributed by atoms with Crippen molar-refractivity contribution in [2.24, 2.45) is 0 Å². The van der Waals surface area contributed by atoms with E-state index in [1.165, 1.54) is 7.11 Å². The highest BCUT2D eigenvalue weighted by atomic mass is 32.1. The first-order chi connectivity index (χ1) is 12.4. The van der Waals surface area contributed by atoms with Crippen molar-refractivity contribution in [3.63, 3.8) is 0 Å². The summed E-state index contributed by atoms with van der Waals surface area (Å²) in [5.74, 6) is -0.653. The molecule has 140 valence electrons. The minimum Gasteiger partial charge on any atom is -0.463 e. The van der Waals surface area contributed by atoms with Crippen molar-refractivity contribution < 1.29 is 19.1 Å². The molecule has 0 fully saturated rings. The number of esters is 1. The highest BCUT2D eigenvalue weighted by Gasteiger charge is 2.33. The number of carbonyl (C=O) groups is 2. The molecule has 1 aliphatic heterocycles. The Morgan fingerprint density at radius 1 is 1.38 bits per heavy atom. The van der Waals surface area contributed by atoms with E-state index in [4.69, 9.17) is 21.7 Å². The zero-order valence-corrected chi connectivity index (χ0v) is 16.1. The Kier molecular flexibility index (Phi) is 6.70. The van der Waals surface area contributed by atoms with Crippen LogP contribution in [0.3, 0.4) is 0 Å². The van der Waals surface area contributed by atoms with Crippen LogP contribution in [-0.4, -0.2) is 49.3 Å². The molecule has 1 atom stereocenters. The number of benzene rings is 1. The van der Waals surface area contributed by atoms with E-state index in [0.29, 0.717) is 16.4 Å². The summed E-state index contributed by atoms with van der Waals surface area (Å²) in [5.41, 5.74) is 2.62. The van der Waals surface area contributed by atoms with E-state index in [1.807, 2.05) is 13.0 Å². The first-order valence-corrected chi connectivity index (χ1v) is 8.60. The Morgan fingerprint density at radius 2 is 2.12 bits per heavy atom. The molecule has 2 N–H and O–H groups in total. The van der Waals surface area contributed by atoms with Crippen LogP contribution in [0, 0.1) is 0 Å². The Hall–Kier alpha value is -2.45. The normalized spacial score (nSPS) is 17.0. The van der Waals surface area contributed by atoms with E-state index in [9.17, 15) is 9.59 Å². The van der Waals surface area contributed by atoms with Gasteiger partial charge < -0.3 is 25.0 Å². The minimum absolute atomic E-state index is 0.0339. The van der Waals surface area contributed by atoms with Crippen molar-refractivity contribution in [1.29, 1.82) is 0 Å². The molecule has 0 aliphatic carbocycles. The minimum atomic E-state index is -0.461. The average Bonchev–Trinajstić information content (AvgIpc) is 2.60. The predicted molar refractivity (Wildman–Crippen MR) is 103 cm³/mol. The van der Waals surface area contributed by atoms with Crippen molar-refractivity contribution in [1.82, 2.24) is 10.2 Å². The van der Waals surface area contributed by atoms with Gasteiger partial charge >= 0.3 is 5.97 Å². The Labute approximate surface area is 158 Å². The van der Waals surface area contributed by atoms with E-state index in [1.54, 1.807) is 37.1 Å². The number of nitrogens with zero attached hydrogens (tertiary/aromatic N) is 1. The lowest BCUT2D eigenvalue weighted by Crippen LogP contribution is -2.46. The molecule has 0 bridgehead atoms. The van der Waals surface area contributed by atoms with Gasteiger partial charge in [0.15, 0.2) is 5.11 Å². The molecule has 0 saturated carbocycles. The number of methoxy groups -OCH3 is 1. The van der Waals surface area contributed by atoms with Crippen LogP contribution in [0.4, 0.5) is 5.69 Å². The molecule has 0 radical (unpaired) electrons. The van der Waals surface area contributed by atoms with Gasteiger partial charge in [-0.2, -0.15) is 0 Å². The molecule has 0 aromatic heterocycles. The van der Waals surface area contributed by atoms with Gasteiger partial charge in [-0.25, -0.2) is 4.79 Å². The summed E-state index contributed by atoms with van der Waals surface area (Å²) in [4.78, 5) is 26.0. The van der Waals surface area contributed by atoms with Gasteiger partial charge in [-0.05, 0) is 43.8 Å². The second kappa shape index (κ2) is 8.77. The third-order valence-electron chi connectivity index (χ3n) is 4.03. The standard InChI is InChI=1S/C18H23N3O4S/c1-5-25-17(23)15-11(2)21(3)18(26)20-16(15)12-7-6-8-13(9-12)19-14(22)10-24-4/h6-9,16H,5,10H2,1-4H3,(H,19,22)(H,20,26)/t16-/m1/s1. The van der Waals surface area contributed by atoms with Gasteiger partial charge in [0.2, 0.25) is 5.91 Å². The van der Waals surface area contributed by atoms with Crippen LogP contribution in [0.1, 0.15) is 25.5 Å². The van der Waals surface area contributed by atoms with Gasteiger partial charge in [0, 0.05) is 25.5 Å². The Balaban J connectivity index is 2.39. The largest absolute Gasteiger partial charge is 0.463 e. The van der Waals surface area contributed by atoms with Crippen LogP contribution >= 0.6 is 12.2 Å². The molecular weight excluding hydrogens is 354 g/mol. The van der Waals surface area contributed by atoms with E-state index in [2.05, 4.69) is 10.6 Å². The third-order valence-corrected chi connectivity index (χ3v) is 4.42. The van der Waals surface area contributed by atoms with E-state index in [-0.39, 0.29) is 19.1 Å². The summed E-state index contributed by atoms with van der Waals surface area (Å²) in [5, 5.41) is 6.43. The van der Waals surface area contributed by atoms with Gasteiger partial charge in [-0.15, -0.1) is 0 Å². The van der Waals surface area contributed by atoms with Crippen LogP contribution < -0.4 is 10.6 Å². The molecule has 8 heteroatoms. The fraction of sp³-hybridized carbons (Fsp3) is 0.389. The number of hydrogen-bond acceptors (Lipinski definition) is 5. The second-order valence-electron chi connectivity index (χ2n) is 5.77. The maximum Gasteiger partial charge on any atom is 0.338 e. The van der Waals surface area contributed by atoms with Crippen molar-refractivity contribution in [3.05, 3.63) is 41.1 Å². The van der Waals surface area contributed by atoms with Gasteiger partial charge in [0.25, 0.3) is 0 Å². The van der Waals surface area contributed by atoms with Crippen molar-refractivity contribution in [2.45, 2.75) is 19.9 Å². The summed E-state index contributed by atoms with van der Waals surface area (Å²) in [6.45, 7) is 3.84. The fourth-order valence-electron chi connectivity index (χ4n) is 2.68. The average molecular weight is 377 g/mol. The number of rotatable bonds is 6. The van der Waals surface area contributed by atoms with Gasteiger partial charge in [0.1, 0.15) is 6.61 Å². The lowest BCUT2D eigenvalue weighted by atomic mass is 9.95. The van der Waals surface area contributed by atoms with E-state index in [0.717, 1.165) is 11.3 Å². The number of ether oxygens (including phenoxy) is 2. The highest BCUT2D eigenvalue weighted by molar-refractivity contribution is 7.80. The summed E-state index contributed by atoms with van der Waals surface area (Å²) in [7, 11) is 3.25. The number of hydrogen-bond donors (Lipinski definition) is 2. The lowest BCUT2D eigenvalue weighted by Gasteiger charge is -2.35. The predicted octanol–water partition coefficient (Wildman–Crippen LogP) is 1.97. The number of carbonyl (C=O) groups excluding carboxylic acids is 2. The van der Waals surface area contributed by atoms with Crippen molar-refractivity contribution in [3.8, 4) is 0 Å². The molecule has 1 heterocycles. The molecular formula is C18H23N3O4S. The summed E-state index contributed by atoms with van der Waals surface area (Å²) in [6.07, 6.45) is 0. The Morgan fingerprint density at radius 3 is 2.77 bits per heavy atom. The number of anilines is 1. The molecule has 1 aromatic rings. The molecule has 7 nitrogen and oxygen atoms in total. The Bertz CT molecular complexity index is 748. The van der Waals surface area contributed by atoms with Crippen LogP contribution in [0.15, 0.2) is 35.5 Å². The van der Waals surface area contributed by atoms with E-state index >= 15 is 0 Å². The molecule has 0 spiro atoms. The fourth-order valence-corrected chi connectivity index (χ4v) is 2.94. The first-order valence-electron chi connectivity index (χ1n) is 8.19. The summed E-state index contributed by atoms with van der Waals surface area (Å²) >= 11 is 5.37. The van der Waals surface area contributed by atoms with Crippen LogP contribution in [0.5, 0.6) is 0 Å². The van der Waals surface area contributed by atoms with Crippen LogP contribution in [0.25, 0.3) is 0 Å². The molecule has 2 rings (SSSR count). The maximum atomic E-state index is 12.5. The van der Waals surface area contributed by atoms with Crippen LogP contribution in [-0.2, 0) is 19.1 Å². The maximum absolute atomic E-state index is 12.5. The number of nitrogens with one attached hydrogen (secondary N) is 2. The molecule has 0 saturated heterocycles. The number of thiocarbonyl (C=S) groups is 1. The molecule has 1 aliphatic rings. The van der Waals surface area contributed by atoms with Crippen molar-refractivity contribution >= 4 is 34.9 Å². The van der Waals surface area contributed by atoms with Gasteiger partial charge in [-0.3, -0.25) is 4.79 Å². The molecule has 0 unspecified atom stereocenters. The zero-order valence-electron chi connectivity index (χ0n) is 15.3. The topological polar surface area (TPSA) is 79.9 Å². The van der Waals surface area contributed by atoms with Gasteiger partial charge in [0.05, 0.1) is 18.2 Å². The van der Waals surface area contributed by atoms with Crippen LogP contribution in [0.2, 0.25) is 0 Å². The first kappa shape index (κ1) is 19.9. The smallest absolute Gasteiger partial charge is 0.338 e. The highest BCUT2D eigenvalue weighted by Crippen LogP contribution is 2.31. The number of amides is 1. The van der Waals surface area contributed by atoms with Gasteiger partial charge in [-0.1, -0.05) is 12.1 Å². The summed E-state index contributed by atoms with van der Waals surface area (Å²) in [6, 6.07) is 6.77. The molecule has 26 heavy (non-hydrogen) atoms. The lowest BCUT2D eigenvalue weighted by molar-refractivity contribution is -0.139. The van der Waals surface area contributed by atoms with E-state index < -0.39 is 12.0 Å². The number of allylic oxidation sites excluding steroid dienone is 1. The second-order valence-corrected chi connectivity index (χ2v) is 6.15. The monoisotopic (exact) mass is 377 g/mol. The zero-order chi connectivity index (χ0) is 19.3. The quantitative estimate of drug-likeness (QED) is 0.579. The molecule has 1 amide bonds.